The molecule has 6 heteroatoms. The lowest BCUT2D eigenvalue weighted by Crippen LogP contribution is -1.89. The average Bonchev–Trinajstić information content (AvgIpc) is 2.46. The monoisotopic (exact) mass is 255 g/mol. The van der Waals surface area contributed by atoms with Crippen molar-refractivity contribution in [2.24, 2.45) is 0 Å². The van der Waals surface area contributed by atoms with Crippen LogP contribution in [0.25, 0.3) is 10.9 Å². The normalized spacial score (nSPS) is 10.7. The molecule has 0 atom stereocenters. The Labute approximate surface area is 87.4 Å². The third-order valence-electron chi connectivity index (χ3n) is 2.01. The van der Waals surface area contributed by atoms with E-state index < -0.39 is 4.92 Å². The van der Waals surface area contributed by atoms with Gasteiger partial charge in [0.2, 0.25) is 0 Å². The van der Waals surface area contributed by atoms with Crippen LogP contribution in [0, 0.1) is 17.0 Å². The van der Waals surface area contributed by atoms with Crippen molar-refractivity contribution in [1.29, 1.82) is 0 Å². The zero-order valence-electron chi connectivity index (χ0n) is 7.24. The van der Waals surface area contributed by atoms with E-state index in [4.69, 9.17) is 0 Å². The summed E-state index contributed by atoms with van der Waals surface area (Å²) < 4.78 is 0.472. The lowest BCUT2D eigenvalue weighted by atomic mass is 10.2. The number of aromatic amines is 1. The molecule has 5 nitrogen and oxygen atoms in total. The Morgan fingerprint density at radius 2 is 2.29 bits per heavy atom. The van der Waals surface area contributed by atoms with Crippen molar-refractivity contribution in [2.45, 2.75) is 6.92 Å². The standard InChI is InChI=1S/C8H6BrN3O2/c1-4-5-2-6(9)8(12(13)14)3-7(5)11-10-4/h2-3H,1H3,(H,10,11). The average molecular weight is 256 g/mol. The van der Waals surface area contributed by atoms with Gasteiger partial charge in [0, 0.05) is 17.1 Å². The van der Waals surface area contributed by atoms with Crippen LogP contribution in [0.3, 0.4) is 0 Å². The Morgan fingerprint density at radius 1 is 1.57 bits per heavy atom. The van der Waals surface area contributed by atoms with Crippen LogP contribution in [-0.4, -0.2) is 15.1 Å². The fourth-order valence-electron chi connectivity index (χ4n) is 1.29. The number of aryl methyl sites for hydroxylation is 1. The first kappa shape index (κ1) is 9.14. The first-order valence-corrected chi connectivity index (χ1v) is 4.67. The molecule has 1 aromatic carbocycles. The Kier molecular flexibility index (Phi) is 1.99. The van der Waals surface area contributed by atoms with E-state index in [-0.39, 0.29) is 5.69 Å². The predicted octanol–water partition coefficient (Wildman–Crippen LogP) is 2.54. The molecule has 0 fully saturated rings. The Balaban J connectivity index is 2.79. The summed E-state index contributed by atoms with van der Waals surface area (Å²) in [5.74, 6) is 0. The number of fused-ring (bicyclic) bond motifs is 1. The number of halogens is 1. The van der Waals surface area contributed by atoms with Crippen molar-refractivity contribution in [3.05, 3.63) is 32.4 Å². The van der Waals surface area contributed by atoms with Gasteiger partial charge in [-0.3, -0.25) is 15.2 Å². The largest absolute Gasteiger partial charge is 0.285 e. The summed E-state index contributed by atoms with van der Waals surface area (Å²) >= 11 is 3.15. The minimum absolute atomic E-state index is 0.0315. The van der Waals surface area contributed by atoms with Crippen molar-refractivity contribution >= 4 is 32.5 Å². The van der Waals surface area contributed by atoms with Crippen molar-refractivity contribution in [2.75, 3.05) is 0 Å². The summed E-state index contributed by atoms with van der Waals surface area (Å²) in [5.41, 5.74) is 1.54. The summed E-state index contributed by atoms with van der Waals surface area (Å²) in [5, 5.41) is 18.2. The number of benzene rings is 1. The maximum Gasteiger partial charge on any atom is 0.285 e. The Bertz CT molecular complexity index is 521. The summed E-state index contributed by atoms with van der Waals surface area (Å²) in [7, 11) is 0. The van der Waals surface area contributed by atoms with Gasteiger partial charge in [0.25, 0.3) is 5.69 Å². The fraction of sp³-hybridized carbons (Fsp3) is 0.125. The Morgan fingerprint density at radius 3 is 2.93 bits per heavy atom. The molecule has 0 saturated carbocycles. The number of rotatable bonds is 1. The highest BCUT2D eigenvalue weighted by atomic mass is 79.9. The van der Waals surface area contributed by atoms with Crippen molar-refractivity contribution in [3.63, 3.8) is 0 Å². The van der Waals surface area contributed by atoms with Crippen LogP contribution in [0.2, 0.25) is 0 Å². The second kappa shape index (κ2) is 3.06. The van der Waals surface area contributed by atoms with Gasteiger partial charge in [-0.2, -0.15) is 5.10 Å². The molecule has 2 rings (SSSR count). The fourth-order valence-corrected chi connectivity index (χ4v) is 1.78. The predicted molar refractivity (Wildman–Crippen MR) is 55.2 cm³/mol. The van der Waals surface area contributed by atoms with E-state index in [2.05, 4.69) is 26.1 Å². The molecule has 0 bridgehead atoms. The quantitative estimate of drug-likeness (QED) is 0.629. The molecule has 0 amide bonds. The summed E-state index contributed by atoms with van der Waals surface area (Å²) in [6, 6.07) is 3.15. The van der Waals surface area contributed by atoms with Gasteiger partial charge < -0.3 is 0 Å². The van der Waals surface area contributed by atoms with Gasteiger partial charge in [-0.25, -0.2) is 0 Å². The van der Waals surface area contributed by atoms with Gasteiger partial charge in [0.05, 0.1) is 14.9 Å². The van der Waals surface area contributed by atoms with Gasteiger partial charge in [0.1, 0.15) is 0 Å². The lowest BCUT2D eigenvalue weighted by molar-refractivity contribution is -0.385. The molecule has 0 aliphatic heterocycles. The zero-order chi connectivity index (χ0) is 10.3. The van der Waals surface area contributed by atoms with E-state index in [9.17, 15) is 10.1 Å². The number of nitrogens with one attached hydrogen (secondary N) is 1. The number of hydrogen-bond acceptors (Lipinski definition) is 3. The third-order valence-corrected chi connectivity index (χ3v) is 2.65. The molecule has 72 valence electrons. The Hall–Kier alpha value is -1.43. The maximum atomic E-state index is 10.6. The zero-order valence-corrected chi connectivity index (χ0v) is 8.83. The van der Waals surface area contributed by atoms with E-state index in [1.54, 1.807) is 6.07 Å². The molecule has 0 aliphatic carbocycles. The van der Waals surface area contributed by atoms with Gasteiger partial charge in [-0.05, 0) is 28.9 Å². The number of nitro groups is 1. The molecule has 1 N–H and O–H groups in total. The van der Waals surface area contributed by atoms with Gasteiger partial charge in [-0.1, -0.05) is 0 Å². The van der Waals surface area contributed by atoms with E-state index in [1.807, 2.05) is 6.92 Å². The lowest BCUT2D eigenvalue weighted by Gasteiger charge is -1.95. The molecule has 1 heterocycles. The molecule has 0 aliphatic rings. The first-order valence-electron chi connectivity index (χ1n) is 3.88. The molecular formula is C8H6BrN3O2. The number of nitro benzene ring substituents is 1. The first-order chi connectivity index (χ1) is 6.59. The van der Waals surface area contributed by atoms with Gasteiger partial charge in [0.15, 0.2) is 0 Å². The molecule has 14 heavy (non-hydrogen) atoms. The molecule has 0 unspecified atom stereocenters. The molecule has 0 spiro atoms. The van der Waals surface area contributed by atoms with Crippen LogP contribution >= 0.6 is 15.9 Å². The molecule has 0 saturated heterocycles. The van der Waals surface area contributed by atoms with Crippen LogP contribution in [-0.2, 0) is 0 Å². The highest BCUT2D eigenvalue weighted by Gasteiger charge is 2.14. The smallest absolute Gasteiger partial charge is 0.282 e. The molecule has 2 aromatic rings. The highest BCUT2D eigenvalue weighted by molar-refractivity contribution is 9.10. The van der Waals surface area contributed by atoms with Crippen molar-refractivity contribution < 1.29 is 4.92 Å². The number of H-pyrrole nitrogens is 1. The highest BCUT2D eigenvalue weighted by Crippen LogP contribution is 2.30. The minimum Gasteiger partial charge on any atom is -0.282 e. The number of aromatic nitrogens is 2. The van der Waals surface area contributed by atoms with E-state index in [0.717, 1.165) is 11.1 Å². The van der Waals surface area contributed by atoms with Crippen LogP contribution in [0.15, 0.2) is 16.6 Å². The molecule has 0 radical (unpaired) electrons. The van der Waals surface area contributed by atoms with Crippen LogP contribution in [0.4, 0.5) is 5.69 Å². The van der Waals surface area contributed by atoms with Crippen LogP contribution < -0.4 is 0 Å². The van der Waals surface area contributed by atoms with Crippen molar-refractivity contribution in [3.8, 4) is 0 Å². The van der Waals surface area contributed by atoms with E-state index in [0.29, 0.717) is 9.99 Å². The van der Waals surface area contributed by atoms with Gasteiger partial charge >= 0.3 is 0 Å². The van der Waals surface area contributed by atoms with E-state index >= 15 is 0 Å². The van der Waals surface area contributed by atoms with Crippen LogP contribution in [0.5, 0.6) is 0 Å². The van der Waals surface area contributed by atoms with E-state index in [1.165, 1.54) is 6.07 Å². The SMILES string of the molecule is Cc1[nH]nc2cc([N+](=O)[O-])c(Br)cc12. The maximum absolute atomic E-state index is 10.6. The number of nitrogens with zero attached hydrogens (tertiary/aromatic N) is 2. The second-order valence-electron chi connectivity index (χ2n) is 2.93. The molecule has 1 aromatic heterocycles. The summed E-state index contributed by atoms with van der Waals surface area (Å²) in [6.45, 7) is 1.87. The van der Waals surface area contributed by atoms with Crippen LogP contribution in [0.1, 0.15) is 5.69 Å². The topological polar surface area (TPSA) is 71.8 Å². The summed E-state index contributed by atoms with van der Waals surface area (Å²) in [4.78, 5) is 10.2. The number of hydrogen-bond donors (Lipinski definition) is 1. The summed E-state index contributed by atoms with van der Waals surface area (Å²) in [6.07, 6.45) is 0. The molecular weight excluding hydrogens is 250 g/mol. The second-order valence-corrected chi connectivity index (χ2v) is 3.78. The minimum atomic E-state index is -0.437. The van der Waals surface area contributed by atoms with Gasteiger partial charge in [-0.15, -0.1) is 0 Å². The van der Waals surface area contributed by atoms with Crippen molar-refractivity contribution in [1.82, 2.24) is 10.2 Å². The third kappa shape index (κ3) is 1.27.